The fourth-order valence-corrected chi connectivity index (χ4v) is 2.69. The smallest absolute Gasteiger partial charge is 0.0319 e. The van der Waals surface area contributed by atoms with Crippen molar-refractivity contribution in [2.75, 3.05) is 7.11 Å². The number of aliphatic hydroxyl groups excluding tert-OH is 1. The normalized spacial score (nSPS) is 35.5. The van der Waals surface area contributed by atoms with E-state index in [1.54, 1.807) is 25.7 Å². The number of fused-ring (bicyclic) bond motifs is 1. The molecule has 2 rings (SSSR count). The van der Waals surface area contributed by atoms with E-state index in [9.17, 15) is 0 Å². The molecule has 1 N–H and O–H groups in total. The van der Waals surface area contributed by atoms with Crippen LogP contribution >= 0.6 is 0 Å². The van der Waals surface area contributed by atoms with Crippen LogP contribution in [0.2, 0.25) is 0 Å². The minimum absolute atomic E-state index is 1.00. The van der Waals surface area contributed by atoms with Crippen LogP contribution in [0, 0.1) is 11.8 Å². The van der Waals surface area contributed by atoms with Crippen LogP contribution in [0.5, 0.6) is 0 Å². The maximum atomic E-state index is 7.00. The molecule has 0 radical (unpaired) electrons. The third-order valence-corrected chi connectivity index (χ3v) is 3.22. The highest BCUT2D eigenvalue weighted by Gasteiger charge is 2.28. The molecule has 0 aromatic heterocycles. The molecule has 0 saturated heterocycles. The Bertz CT molecular complexity index is 89.0. The van der Waals surface area contributed by atoms with E-state index in [4.69, 9.17) is 5.11 Å². The van der Waals surface area contributed by atoms with Crippen LogP contribution in [0.1, 0.15) is 44.9 Å². The van der Waals surface area contributed by atoms with Gasteiger partial charge in [0.1, 0.15) is 0 Å². The maximum Gasteiger partial charge on any atom is 0.0319 e. The number of hydrogen-bond donors (Lipinski definition) is 1. The summed E-state index contributed by atoms with van der Waals surface area (Å²) in [6.07, 6.45) is 10.8. The minimum Gasteiger partial charge on any atom is -0.400 e. The van der Waals surface area contributed by atoms with E-state index in [0.29, 0.717) is 0 Å². The Kier molecular flexibility index (Phi) is 3.92. The lowest BCUT2D eigenvalue weighted by Gasteiger charge is -2.24. The lowest BCUT2D eigenvalue weighted by atomic mass is 9.82. The molecule has 2 unspecified atom stereocenters. The third-order valence-electron chi connectivity index (χ3n) is 3.22. The zero-order chi connectivity index (χ0) is 8.10. The Labute approximate surface area is 69.8 Å². The summed E-state index contributed by atoms with van der Waals surface area (Å²) in [6.45, 7) is 0. The molecule has 2 fully saturated rings. The summed E-state index contributed by atoms with van der Waals surface area (Å²) in [7, 11) is 1.00. The molecule has 0 bridgehead atoms. The zero-order valence-corrected chi connectivity index (χ0v) is 7.55. The van der Waals surface area contributed by atoms with Gasteiger partial charge in [0.15, 0.2) is 0 Å². The van der Waals surface area contributed by atoms with Gasteiger partial charge >= 0.3 is 0 Å². The summed E-state index contributed by atoms with van der Waals surface area (Å²) in [6, 6.07) is 0. The van der Waals surface area contributed by atoms with E-state index in [2.05, 4.69) is 0 Å². The fourth-order valence-electron chi connectivity index (χ4n) is 2.69. The van der Waals surface area contributed by atoms with E-state index in [0.717, 1.165) is 7.11 Å². The zero-order valence-electron chi connectivity index (χ0n) is 7.55. The van der Waals surface area contributed by atoms with E-state index in [-0.39, 0.29) is 0 Å². The molecule has 0 aromatic carbocycles. The SMILES string of the molecule is C1CCC2CCCC2C1.CO. The van der Waals surface area contributed by atoms with Crippen LogP contribution in [0.3, 0.4) is 0 Å². The van der Waals surface area contributed by atoms with Gasteiger partial charge in [-0.1, -0.05) is 44.9 Å². The van der Waals surface area contributed by atoms with Crippen LogP contribution < -0.4 is 0 Å². The molecule has 2 saturated carbocycles. The van der Waals surface area contributed by atoms with Crippen molar-refractivity contribution in [3.05, 3.63) is 0 Å². The molecule has 2 atom stereocenters. The van der Waals surface area contributed by atoms with E-state index in [1.165, 1.54) is 31.1 Å². The van der Waals surface area contributed by atoms with Crippen molar-refractivity contribution in [2.45, 2.75) is 44.9 Å². The first-order valence-electron chi connectivity index (χ1n) is 4.91. The molecule has 0 spiro atoms. The quantitative estimate of drug-likeness (QED) is 0.571. The van der Waals surface area contributed by atoms with Gasteiger partial charge < -0.3 is 5.11 Å². The highest BCUT2D eigenvalue weighted by Crippen LogP contribution is 2.41. The average Bonchev–Trinajstić information content (AvgIpc) is 2.55. The predicted octanol–water partition coefficient (Wildman–Crippen LogP) is 2.59. The van der Waals surface area contributed by atoms with Crippen LogP contribution in [0.15, 0.2) is 0 Å². The van der Waals surface area contributed by atoms with Crippen molar-refractivity contribution in [3.63, 3.8) is 0 Å². The summed E-state index contributed by atoms with van der Waals surface area (Å²) >= 11 is 0. The fraction of sp³-hybridized carbons (Fsp3) is 1.00. The van der Waals surface area contributed by atoms with E-state index >= 15 is 0 Å². The van der Waals surface area contributed by atoms with Gasteiger partial charge in [0, 0.05) is 7.11 Å². The Morgan fingerprint density at radius 2 is 1.09 bits per heavy atom. The lowest BCUT2D eigenvalue weighted by molar-refractivity contribution is 0.277. The molecule has 2 aliphatic carbocycles. The van der Waals surface area contributed by atoms with Crippen molar-refractivity contribution in [2.24, 2.45) is 11.8 Å². The molecule has 0 aromatic rings. The summed E-state index contributed by atoms with van der Waals surface area (Å²) in [5.74, 6) is 2.33. The monoisotopic (exact) mass is 156 g/mol. The predicted molar refractivity (Wildman–Crippen MR) is 47.4 cm³/mol. The van der Waals surface area contributed by atoms with Gasteiger partial charge in [-0.15, -0.1) is 0 Å². The Morgan fingerprint density at radius 1 is 0.727 bits per heavy atom. The van der Waals surface area contributed by atoms with Crippen LogP contribution in [0.25, 0.3) is 0 Å². The van der Waals surface area contributed by atoms with Crippen LogP contribution in [-0.4, -0.2) is 12.2 Å². The summed E-state index contributed by atoms with van der Waals surface area (Å²) < 4.78 is 0. The van der Waals surface area contributed by atoms with Crippen LogP contribution in [-0.2, 0) is 0 Å². The molecule has 0 amide bonds. The summed E-state index contributed by atoms with van der Waals surface area (Å²) in [4.78, 5) is 0. The van der Waals surface area contributed by atoms with Crippen LogP contribution in [0.4, 0.5) is 0 Å². The standard InChI is InChI=1S/C9H16.CH4O/c1-2-5-9-7-3-6-8(9)4-1;1-2/h8-9H,1-7H2;2H,1H3. The first-order valence-corrected chi connectivity index (χ1v) is 4.91. The molecule has 0 heterocycles. The minimum atomic E-state index is 1.00. The first-order chi connectivity index (χ1) is 5.47. The molecule has 1 heteroatoms. The number of hydrogen-bond acceptors (Lipinski definition) is 1. The first kappa shape index (κ1) is 9.05. The molecular formula is C10H20O. The second kappa shape index (κ2) is 4.76. The highest BCUT2D eigenvalue weighted by molar-refractivity contribution is 4.80. The number of aliphatic hydroxyl groups is 1. The topological polar surface area (TPSA) is 20.2 Å². The van der Waals surface area contributed by atoms with Crippen molar-refractivity contribution in [1.82, 2.24) is 0 Å². The second-order valence-electron chi connectivity index (χ2n) is 3.74. The van der Waals surface area contributed by atoms with Crippen molar-refractivity contribution in [1.29, 1.82) is 0 Å². The van der Waals surface area contributed by atoms with Gasteiger partial charge in [-0.25, -0.2) is 0 Å². The van der Waals surface area contributed by atoms with Crippen molar-refractivity contribution in [3.8, 4) is 0 Å². The molecule has 0 aliphatic heterocycles. The Hall–Kier alpha value is -0.0400. The Morgan fingerprint density at radius 3 is 1.55 bits per heavy atom. The van der Waals surface area contributed by atoms with Gasteiger partial charge in [-0.3, -0.25) is 0 Å². The molecule has 2 aliphatic rings. The highest BCUT2D eigenvalue weighted by atomic mass is 16.2. The molecule has 11 heavy (non-hydrogen) atoms. The average molecular weight is 156 g/mol. The Balaban J connectivity index is 0.000000281. The summed E-state index contributed by atoms with van der Waals surface area (Å²) in [5.41, 5.74) is 0. The molecule has 66 valence electrons. The second-order valence-corrected chi connectivity index (χ2v) is 3.74. The van der Waals surface area contributed by atoms with Gasteiger partial charge in [0.2, 0.25) is 0 Å². The lowest BCUT2D eigenvalue weighted by Crippen LogP contribution is -2.12. The van der Waals surface area contributed by atoms with Crippen molar-refractivity contribution >= 4 is 0 Å². The van der Waals surface area contributed by atoms with Gasteiger partial charge in [-0.2, -0.15) is 0 Å². The van der Waals surface area contributed by atoms with E-state index in [1.807, 2.05) is 0 Å². The molecular weight excluding hydrogens is 136 g/mol. The van der Waals surface area contributed by atoms with Gasteiger partial charge in [0.05, 0.1) is 0 Å². The van der Waals surface area contributed by atoms with Gasteiger partial charge in [-0.05, 0) is 11.8 Å². The van der Waals surface area contributed by atoms with E-state index < -0.39 is 0 Å². The third kappa shape index (κ3) is 2.19. The maximum absolute atomic E-state index is 7.00. The molecule has 1 nitrogen and oxygen atoms in total. The van der Waals surface area contributed by atoms with Crippen molar-refractivity contribution < 1.29 is 5.11 Å². The summed E-state index contributed by atoms with van der Waals surface area (Å²) in [5, 5.41) is 7.00. The largest absolute Gasteiger partial charge is 0.400 e. The number of rotatable bonds is 0. The van der Waals surface area contributed by atoms with Gasteiger partial charge in [0.25, 0.3) is 0 Å².